The lowest BCUT2D eigenvalue weighted by atomic mass is 9.91. The largest absolute Gasteiger partial charge is 0.445 e. The summed E-state index contributed by atoms with van der Waals surface area (Å²) in [4.78, 5) is 37.6. The molecule has 0 bridgehead atoms. The van der Waals surface area contributed by atoms with Crippen LogP contribution in [0.4, 0.5) is 4.79 Å². The number of alkyl carbamates (subject to hydrolysis) is 1. The van der Waals surface area contributed by atoms with E-state index in [1.807, 2.05) is 43.3 Å². The van der Waals surface area contributed by atoms with E-state index in [9.17, 15) is 14.4 Å². The zero-order chi connectivity index (χ0) is 23.9. The molecule has 4 rings (SSSR count). The molecule has 0 saturated carbocycles. The first-order valence-corrected chi connectivity index (χ1v) is 11.8. The summed E-state index contributed by atoms with van der Waals surface area (Å²) >= 11 is 0. The number of esters is 1. The van der Waals surface area contributed by atoms with Crippen molar-refractivity contribution in [3.05, 3.63) is 75.6 Å². The average Bonchev–Trinajstić information content (AvgIpc) is 2.86. The number of ether oxygens (including phenoxy) is 2. The molecular formula is C27H29NO6. The number of carbonyl (C=O) groups is 2. The van der Waals surface area contributed by atoms with E-state index in [0.717, 1.165) is 60.6 Å². The Morgan fingerprint density at radius 2 is 1.82 bits per heavy atom. The minimum absolute atomic E-state index is 0.107. The van der Waals surface area contributed by atoms with Gasteiger partial charge in [-0.05, 0) is 55.4 Å². The molecule has 0 unspecified atom stereocenters. The SMILES string of the molecule is CCCC[C@H](NC(=O)OCc1ccccc1)C(=O)Oc1ccc2c3c(c(=O)oc2c1)CCCC3. The number of hydrogen-bond donors (Lipinski definition) is 1. The summed E-state index contributed by atoms with van der Waals surface area (Å²) < 4.78 is 16.3. The van der Waals surface area contributed by atoms with Crippen molar-refractivity contribution in [3.63, 3.8) is 0 Å². The number of aryl methyl sites for hydroxylation is 1. The van der Waals surface area contributed by atoms with Gasteiger partial charge in [-0.2, -0.15) is 0 Å². The maximum Gasteiger partial charge on any atom is 0.408 e. The molecule has 3 aromatic rings. The lowest BCUT2D eigenvalue weighted by Crippen LogP contribution is -2.43. The minimum Gasteiger partial charge on any atom is -0.445 e. The summed E-state index contributed by atoms with van der Waals surface area (Å²) in [6.07, 6.45) is 4.92. The Morgan fingerprint density at radius 3 is 2.59 bits per heavy atom. The molecule has 1 aliphatic rings. The van der Waals surface area contributed by atoms with Gasteiger partial charge in [-0.3, -0.25) is 0 Å². The third kappa shape index (κ3) is 5.65. The molecule has 1 atom stereocenters. The zero-order valence-corrected chi connectivity index (χ0v) is 19.3. The molecule has 1 aliphatic carbocycles. The van der Waals surface area contributed by atoms with Gasteiger partial charge in [-0.15, -0.1) is 0 Å². The van der Waals surface area contributed by atoms with Gasteiger partial charge in [-0.1, -0.05) is 50.1 Å². The Morgan fingerprint density at radius 1 is 1.06 bits per heavy atom. The first-order valence-electron chi connectivity index (χ1n) is 11.8. The van der Waals surface area contributed by atoms with Crippen LogP contribution in [0.2, 0.25) is 0 Å². The number of hydrogen-bond acceptors (Lipinski definition) is 6. The van der Waals surface area contributed by atoms with Crippen LogP contribution in [0.3, 0.4) is 0 Å². The number of rotatable bonds is 8. The molecule has 0 radical (unpaired) electrons. The van der Waals surface area contributed by atoms with E-state index in [4.69, 9.17) is 13.9 Å². The standard InChI is InChI=1S/C27H29NO6/c1-2-3-13-23(28-27(31)32-17-18-9-5-4-6-10-18)26(30)33-19-14-15-21-20-11-7-8-12-22(20)25(29)34-24(21)16-19/h4-6,9-10,14-16,23H,2-3,7-8,11-13,17H2,1H3,(H,28,31)/t23-/m0/s1. The van der Waals surface area contributed by atoms with E-state index < -0.39 is 18.1 Å². The van der Waals surface area contributed by atoms with Crippen LogP contribution in [-0.2, 0) is 29.0 Å². The molecule has 1 aromatic heterocycles. The second-order valence-corrected chi connectivity index (χ2v) is 8.53. The van der Waals surface area contributed by atoms with Gasteiger partial charge in [-0.25, -0.2) is 14.4 Å². The van der Waals surface area contributed by atoms with Gasteiger partial charge in [0.05, 0.1) is 0 Å². The highest BCUT2D eigenvalue weighted by Crippen LogP contribution is 2.29. The Bertz CT molecular complexity index is 1220. The normalized spacial score (nSPS) is 13.7. The van der Waals surface area contributed by atoms with E-state index >= 15 is 0 Å². The quantitative estimate of drug-likeness (QED) is 0.285. The van der Waals surface area contributed by atoms with E-state index in [1.165, 1.54) is 0 Å². The first kappa shape index (κ1) is 23.5. The second-order valence-electron chi connectivity index (χ2n) is 8.53. The molecule has 1 heterocycles. The summed E-state index contributed by atoms with van der Waals surface area (Å²) in [5, 5.41) is 3.49. The molecule has 1 amide bonds. The lowest BCUT2D eigenvalue weighted by molar-refractivity contribution is -0.136. The van der Waals surface area contributed by atoms with Crippen LogP contribution >= 0.6 is 0 Å². The van der Waals surface area contributed by atoms with Gasteiger partial charge in [0.2, 0.25) is 0 Å². The van der Waals surface area contributed by atoms with Gasteiger partial charge in [0.1, 0.15) is 24.0 Å². The topological polar surface area (TPSA) is 94.8 Å². The fourth-order valence-corrected chi connectivity index (χ4v) is 4.24. The van der Waals surface area contributed by atoms with Gasteiger partial charge < -0.3 is 19.2 Å². The molecule has 34 heavy (non-hydrogen) atoms. The van der Waals surface area contributed by atoms with Crippen molar-refractivity contribution in [2.24, 2.45) is 0 Å². The van der Waals surface area contributed by atoms with Gasteiger partial charge in [0.25, 0.3) is 0 Å². The van der Waals surface area contributed by atoms with Crippen LogP contribution < -0.4 is 15.7 Å². The van der Waals surface area contributed by atoms with E-state index in [0.29, 0.717) is 12.0 Å². The number of carbonyl (C=O) groups excluding carboxylic acids is 2. The van der Waals surface area contributed by atoms with Gasteiger partial charge >= 0.3 is 17.7 Å². The van der Waals surface area contributed by atoms with Crippen molar-refractivity contribution >= 4 is 23.0 Å². The van der Waals surface area contributed by atoms with E-state index in [1.54, 1.807) is 12.1 Å². The molecule has 0 fully saturated rings. The van der Waals surface area contributed by atoms with Crippen LogP contribution in [0.25, 0.3) is 11.0 Å². The highest BCUT2D eigenvalue weighted by Gasteiger charge is 2.24. The summed E-state index contributed by atoms with van der Waals surface area (Å²) in [5.74, 6) is -0.331. The average molecular weight is 464 g/mol. The smallest absolute Gasteiger partial charge is 0.408 e. The maximum absolute atomic E-state index is 12.9. The van der Waals surface area contributed by atoms with Crippen molar-refractivity contribution in [2.45, 2.75) is 64.5 Å². The predicted octanol–water partition coefficient (Wildman–Crippen LogP) is 5.06. The van der Waals surface area contributed by atoms with Crippen molar-refractivity contribution in [1.29, 1.82) is 0 Å². The fraction of sp³-hybridized carbons (Fsp3) is 0.370. The van der Waals surface area contributed by atoms with E-state index in [-0.39, 0.29) is 18.0 Å². The Labute approximate surface area is 198 Å². The molecule has 0 saturated heterocycles. The minimum atomic E-state index is -0.852. The Balaban J connectivity index is 1.45. The Kier molecular flexibility index (Phi) is 7.62. The summed E-state index contributed by atoms with van der Waals surface area (Å²) in [6, 6.07) is 13.5. The van der Waals surface area contributed by atoms with Crippen molar-refractivity contribution in [3.8, 4) is 5.75 Å². The number of fused-ring (bicyclic) bond motifs is 3. The lowest BCUT2D eigenvalue weighted by Gasteiger charge is -2.18. The number of amides is 1. The summed E-state index contributed by atoms with van der Waals surface area (Å²) in [6.45, 7) is 2.11. The van der Waals surface area contributed by atoms with Crippen molar-refractivity contribution in [2.75, 3.05) is 0 Å². The molecule has 7 heteroatoms. The number of unbranched alkanes of at least 4 members (excludes halogenated alkanes) is 1. The highest BCUT2D eigenvalue weighted by molar-refractivity contribution is 5.86. The van der Waals surface area contributed by atoms with Gasteiger partial charge in [0.15, 0.2) is 0 Å². The Hall–Kier alpha value is -3.61. The number of benzene rings is 2. The molecule has 0 spiro atoms. The molecule has 1 N–H and O–H groups in total. The molecule has 0 aliphatic heterocycles. The van der Waals surface area contributed by atoms with Crippen LogP contribution in [0.1, 0.15) is 55.7 Å². The fourth-order valence-electron chi connectivity index (χ4n) is 4.24. The maximum atomic E-state index is 12.9. The van der Waals surface area contributed by atoms with Crippen LogP contribution in [-0.4, -0.2) is 18.1 Å². The van der Waals surface area contributed by atoms with Crippen molar-refractivity contribution < 1.29 is 23.5 Å². The molecule has 7 nitrogen and oxygen atoms in total. The number of nitrogens with one attached hydrogen (secondary N) is 1. The predicted molar refractivity (Wildman–Crippen MR) is 128 cm³/mol. The zero-order valence-electron chi connectivity index (χ0n) is 19.3. The summed E-state index contributed by atoms with van der Waals surface area (Å²) in [7, 11) is 0. The molecular weight excluding hydrogens is 434 g/mol. The third-order valence-corrected chi connectivity index (χ3v) is 6.05. The first-order chi connectivity index (χ1) is 16.5. The van der Waals surface area contributed by atoms with Crippen molar-refractivity contribution in [1.82, 2.24) is 5.32 Å². The van der Waals surface area contributed by atoms with E-state index in [2.05, 4.69) is 5.32 Å². The summed E-state index contributed by atoms with van der Waals surface area (Å²) in [5.41, 5.74) is 2.70. The molecule has 178 valence electrons. The van der Waals surface area contributed by atoms with Crippen LogP contribution in [0.5, 0.6) is 5.75 Å². The molecule has 2 aromatic carbocycles. The van der Waals surface area contributed by atoms with Gasteiger partial charge in [0, 0.05) is 17.0 Å². The van der Waals surface area contributed by atoms with Crippen LogP contribution in [0, 0.1) is 0 Å². The highest BCUT2D eigenvalue weighted by atomic mass is 16.6. The monoisotopic (exact) mass is 463 g/mol. The second kappa shape index (κ2) is 11.0. The third-order valence-electron chi connectivity index (χ3n) is 6.05. The van der Waals surface area contributed by atoms with Crippen LogP contribution in [0.15, 0.2) is 57.7 Å².